The van der Waals surface area contributed by atoms with Crippen molar-refractivity contribution in [3.05, 3.63) is 0 Å². The Labute approximate surface area is 77.6 Å². The van der Waals surface area contributed by atoms with Gasteiger partial charge in [0, 0.05) is 6.04 Å². The molecule has 0 saturated carbocycles. The number of alkyl halides is 1. The first-order valence-corrected chi connectivity index (χ1v) is 3.59. The van der Waals surface area contributed by atoms with Gasteiger partial charge in [-0.05, 0) is 13.8 Å². The van der Waals surface area contributed by atoms with E-state index in [4.69, 9.17) is 17.3 Å². The van der Waals surface area contributed by atoms with Crippen molar-refractivity contribution in [2.45, 2.75) is 25.3 Å². The van der Waals surface area contributed by atoms with Crippen molar-refractivity contribution in [2.24, 2.45) is 5.73 Å². The van der Waals surface area contributed by atoms with E-state index in [0.717, 1.165) is 0 Å². The quantitative estimate of drug-likeness (QED) is 0.547. The molecule has 0 aliphatic rings. The third kappa shape index (κ3) is 5.30. The van der Waals surface area contributed by atoms with Gasteiger partial charge in [0.1, 0.15) is 5.38 Å². The van der Waals surface area contributed by atoms with Gasteiger partial charge >= 0.3 is 5.97 Å². The first-order chi connectivity index (χ1) is 4.59. The predicted molar refractivity (Wildman–Crippen MR) is 47.2 cm³/mol. The fourth-order valence-electron chi connectivity index (χ4n) is 0.437. The zero-order valence-corrected chi connectivity index (χ0v) is 8.11. The van der Waals surface area contributed by atoms with Crippen LogP contribution in [0.25, 0.3) is 0 Å². The maximum atomic E-state index is 10.8. The van der Waals surface area contributed by atoms with Crippen LogP contribution in [0.5, 0.6) is 0 Å². The average Bonchev–Trinajstić information content (AvgIpc) is 1.87. The standard InChI is InChI=1S/C6H12ClNO2.ClH/c1-3-10-6(9)5(7)4(2)8;/h4-5H,3,8H2,1-2H3;1H. The van der Waals surface area contributed by atoms with Gasteiger partial charge in [-0.2, -0.15) is 0 Å². The minimum Gasteiger partial charge on any atom is -0.465 e. The molecule has 2 N–H and O–H groups in total. The second-order valence-electron chi connectivity index (χ2n) is 2.01. The van der Waals surface area contributed by atoms with E-state index < -0.39 is 11.3 Å². The molecule has 11 heavy (non-hydrogen) atoms. The molecule has 0 rings (SSSR count). The zero-order valence-electron chi connectivity index (χ0n) is 6.54. The Morgan fingerprint density at radius 2 is 2.18 bits per heavy atom. The van der Waals surface area contributed by atoms with E-state index in [-0.39, 0.29) is 18.4 Å². The van der Waals surface area contributed by atoms with E-state index in [1.807, 2.05) is 0 Å². The molecule has 0 saturated heterocycles. The Morgan fingerprint density at radius 1 is 1.73 bits per heavy atom. The Kier molecular flexibility index (Phi) is 8.28. The molecule has 0 fully saturated rings. The van der Waals surface area contributed by atoms with Crippen molar-refractivity contribution in [3.63, 3.8) is 0 Å². The van der Waals surface area contributed by atoms with Gasteiger partial charge in [0.15, 0.2) is 0 Å². The van der Waals surface area contributed by atoms with Crippen LogP contribution >= 0.6 is 24.0 Å². The van der Waals surface area contributed by atoms with Crippen LogP contribution in [0.15, 0.2) is 0 Å². The summed E-state index contributed by atoms with van der Waals surface area (Å²) in [6.45, 7) is 3.73. The Hall–Kier alpha value is 0.01000. The lowest BCUT2D eigenvalue weighted by Crippen LogP contribution is -2.35. The summed E-state index contributed by atoms with van der Waals surface area (Å²) in [5.41, 5.74) is 5.33. The molecule has 68 valence electrons. The van der Waals surface area contributed by atoms with Crippen molar-refractivity contribution < 1.29 is 9.53 Å². The minimum atomic E-state index is -0.722. The van der Waals surface area contributed by atoms with Crippen LogP contribution in [0.3, 0.4) is 0 Å². The second kappa shape index (κ2) is 6.70. The Morgan fingerprint density at radius 3 is 2.45 bits per heavy atom. The van der Waals surface area contributed by atoms with E-state index in [1.165, 1.54) is 0 Å². The van der Waals surface area contributed by atoms with Crippen molar-refractivity contribution in [3.8, 4) is 0 Å². The molecule has 0 spiro atoms. The minimum absolute atomic E-state index is 0. The van der Waals surface area contributed by atoms with Crippen LogP contribution < -0.4 is 5.73 Å². The fraction of sp³-hybridized carbons (Fsp3) is 0.833. The number of carbonyl (C=O) groups excluding carboxylic acids is 1. The first kappa shape index (κ1) is 13.6. The fourth-order valence-corrected chi connectivity index (χ4v) is 0.500. The van der Waals surface area contributed by atoms with Crippen molar-refractivity contribution >= 4 is 30.0 Å². The molecule has 2 atom stereocenters. The number of halogens is 2. The summed E-state index contributed by atoms with van der Waals surface area (Å²) in [6.07, 6.45) is 0. The van der Waals surface area contributed by atoms with Gasteiger partial charge in [-0.15, -0.1) is 24.0 Å². The number of hydrogen-bond donors (Lipinski definition) is 1. The van der Waals surface area contributed by atoms with Gasteiger partial charge in [0.05, 0.1) is 6.61 Å². The van der Waals surface area contributed by atoms with Gasteiger partial charge in [0.2, 0.25) is 0 Å². The molecule has 0 aliphatic heterocycles. The van der Waals surface area contributed by atoms with Gasteiger partial charge in [-0.25, -0.2) is 0 Å². The number of carbonyl (C=O) groups is 1. The summed E-state index contributed by atoms with van der Waals surface area (Å²) in [5.74, 6) is -0.445. The smallest absolute Gasteiger partial charge is 0.325 e. The largest absolute Gasteiger partial charge is 0.465 e. The third-order valence-corrected chi connectivity index (χ3v) is 1.55. The molecule has 0 amide bonds. The normalized spacial score (nSPS) is 14.5. The van der Waals surface area contributed by atoms with E-state index in [2.05, 4.69) is 4.74 Å². The summed E-state index contributed by atoms with van der Waals surface area (Å²) in [6, 6.07) is -0.360. The van der Waals surface area contributed by atoms with Crippen molar-refractivity contribution in [1.29, 1.82) is 0 Å². The van der Waals surface area contributed by atoms with Gasteiger partial charge in [0.25, 0.3) is 0 Å². The topological polar surface area (TPSA) is 52.3 Å². The van der Waals surface area contributed by atoms with Crippen LogP contribution in [0.1, 0.15) is 13.8 Å². The highest BCUT2D eigenvalue weighted by Crippen LogP contribution is 2.02. The SMILES string of the molecule is CCOC(=O)C(Cl)C(C)N.Cl. The maximum Gasteiger partial charge on any atom is 0.325 e. The van der Waals surface area contributed by atoms with Crippen LogP contribution in [-0.2, 0) is 9.53 Å². The molecule has 0 bridgehead atoms. The summed E-state index contributed by atoms with van der Waals surface area (Å²) in [4.78, 5) is 10.8. The first-order valence-electron chi connectivity index (χ1n) is 3.15. The average molecular weight is 202 g/mol. The molecule has 0 heterocycles. The lowest BCUT2D eigenvalue weighted by Gasteiger charge is -2.10. The van der Waals surface area contributed by atoms with Crippen molar-refractivity contribution in [1.82, 2.24) is 0 Å². The molecular weight excluding hydrogens is 189 g/mol. The number of hydrogen-bond acceptors (Lipinski definition) is 3. The second-order valence-corrected chi connectivity index (χ2v) is 2.48. The summed E-state index contributed by atoms with van der Waals surface area (Å²) in [5, 5.41) is -0.722. The molecular formula is C6H13Cl2NO2. The number of nitrogens with two attached hydrogens (primary N) is 1. The van der Waals surface area contributed by atoms with Gasteiger partial charge in [-0.3, -0.25) is 4.79 Å². The summed E-state index contributed by atoms with van der Waals surface area (Å²) < 4.78 is 4.61. The Bertz CT molecular complexity index is 119. The van der Waals surface area contributed by atoms with Crippen molar-refractivity contribution in [2.75, 3.05) is 6.61 Å². The molecule has 3 nitrogen and oxygen atoms in total. The lowest BCUT2D eigenvalue weighted by molar-refractivity contribution is -0.142. The molecule has 2 unspecified atom stereocenters. The summed E-state index contributed by atoms with van der Waals surface area (Å²) >= 11 is 5.55. The predicted octanol–water partition coefficient (Wildman–Crippen LogP) is 0.926. The number of ether oxygens (including phenoxy) is 1. The highest BCUT2D eigenvalue weighted by Gasteiger charge is 2.20. The van der Waals surface area contributed by atoms with Crippen LogP contribution in [0.2, 0.25) is 0 Å². The Balaban J connectivity index is 0. The van der Waals surface area contributed by atoms with Gasteiger partial charge < -0.3 is 10.5 Å². The van der Waals surface area contributed by atoms with E-state index >= 15 is 0 Å². The molecule has 0 radical (unpaired) electrons. The lowest BCUT2D eigenvalue weighted by atomic mass is 10.2. The molecule has 0 aromatic rings. The molecule has 0 aliphatic carbocycles. The van der Waals surface area contributed by atoms with Crippen LogP contribution in [0.4, 0.5) is 0 Å². The van der Waals surface area contributed by atoms with E-state index in [9.17, 15) is 4.79 Å². The molecule has 0 aromatic carbocycles. The third-order valence-electron chi connectivity index (χ3n) is 0.973. The monoisotopic (exact) mass is 201 g/mol. The number of esters is 1. The van der Waals surface area contributed by atoms with Crippen LogP contribution in [-0.4, -0.2) is 24.0 Å². The van der Waals surface area contributed by atoms with Crippen LogP contribution in [0, 0.1) is 0 Å². The molecule has 5 heteroatoms. The molecule has 0 aromatic heterocycles. The maximum absolute atomic E-state index is 10.8. The number of rotatable bonds is 3. The van der Waals surface area contributed by atoms with Gasteiger partial charge in [-0.1, -0.05) is 0 Å². The highest BCUT2D eigenvalue weighted by atomic mass is 35.5. The summed E-state index contributed by atoms with van der Waals surface area (Å²) in [7, 11) is 0. The van der Waals surface area contributed by atoms with E-state index in [1.54, 1.807) is 13.8 Å². The highest BCUT2D eigenvalue weighted by molar-refractivity contribution is 6.30. The zero-order chi connectivity index (χ0) is 8.15. The van der Waals surface area contributed by atoms with E-state index in [0.29, 0.717) is 6.61 Å².